The molecule has 1 spiro atoms. The van der Waals surface area contributed by atoms with E-state index < -0.39 is 15.6 Å². The van der Waals surface area contributed by atoms with Crippen molar-refractivity contribution in [3.8, 4) is 0 Å². The molecule has 1 aliphatic heterocycles. The standard InChI is InChI=1S/C20H23N5O3S/c1-13-10-23-17(11-22-13)18(26)9-14-5-6-15-4-3-7-20(16(15)8-14)12-29(27,28)25(2)19(21)24-20/h5-6,8,10-11H,3-4,7,9,12H2,1-2H3,(H2,21,24)/t20-/m0/s1. The van der Waals surface area contributed by atoms with Gasteiger partial charge in [0, 0.05) is 19.7 Å². The molecule has 2 N–H and O–H groups in total. The number of Topliss-reactive ketones (excluding diaryl/α,β-unsaturated/α-hetero) is 1. The molecule has 8 nitrogen and oxygen atoms in total. The van der Waals surface area contributed by atoms with Crippen LogP contribution in [0.15, 0.2) is 35.6 Å². The van der Waals surface area contributed by atoms with E-state index in [2.05, 4.69) is 15.0 Å². The fourth-order valence-electron chi connectivity index (χ4n) is 4.03. The third-order valence-corrected chi connectivity index (χ3v) is 7.50. The van der Waals surface area contributed by atoms with E-state index in [0.717, 1.165) is 39.5 Å². The van der Waals surface area contributed by atoms with Crippen LogP contribution in [0, 0.1) is 6.92 Å². The van der Waals surface area contributed by atoms with Gasteiger partial charge >= 0.3 is 0 Å². The van der Waals surface area contributed by atoms with Crippen molar-refractivity contribution in [3.63, 3.8) is 0 Å². The number of carbonyl (C=O) groups excluding carboxylic acids is 1. The van der Waals surface area contributed by atoms with Crippen LogP contribution in [0.2, 0.25) is 0 Å². The van der Waals surface area contributed by atoms with Crippen molar-refractivity contribution in [1.82, 2.24) is 14.3 Å². The van der Waals surface area contributed by atoms with E-state index >= 15 is 0 Å². The summed E-state index contributed by atoms with van der Waals surface area (Å²) in [6.45, 7) is 1.81. The quantitative estimate of drug-likeness (QED) is 0.759. The van der Waals surface area contributed by atoms with E-state index in [1.807, 2.05) is 25.1 Å². The topological polar surface area (TPSA) is 119 Å². The Labute approximate surface area is 169 Å². The first kappa shape index (κ1) is 19.5. The molecule has 9 heteroatoms. The van der Waals surface area contributed by atoms with E-state index in [1.165, 1.54) is 13.2 Å². The van der Waals surface area contributed by atoms with Gasteiger partial charge in [0.2, 0.25) is 16.0 Å². The number of aromatic nitrogens is 2. The summed E-state index contributed by atoms with van der Waals surface area (Å²) in [7, 11) is -2.13. The van der Waals surface area contributed by atoms with Crippen molar-refractivity contribution in [2.24, 2.45) is 10.7 Å². The fraction of sp³-hybridized carbons (Fsp3) is 0.400. The zero-order valence-electron chi connectivity index (χ0n) is 16.4. The summed E-state index contributed by atoms with van der Waals surface area (Å²) in [4.78, 5) is 25.5. The summed E-state index contributed by atoms with van der Waals surface area (Å²) in [5.41, 5.74) is 8.81. The van der Waals surface area contributed by atoms with Crippen LogP contribution in [0.25, 0.3) is 0 Å². The average molecular weight is 414 g/mol. The molecule has 1 aromatic heterocycles. The molecule has 4 rings (SSSR count). The molecule has 0 saturated carbocycles. The molecule has 1 aliphatic carbocycles. The molecule has 2 aliphatic rings. The minimum absolute atomic E-state index is 0.000471. The molecule has 0 fully saturated rings. The maximum Gasteiger partial charge on any atom is 0.239 e. The molecule has 2 aromatic rings. The number of rotatable bonds is 3. The molecule has 0 unspecified atom stereocenters. The molecule has 0 amide bonds. The van der Waals surface area contributed by atoms with E-state index in [1.54, 1.807) is 6.20 Å². The van der Waals surface area contributed by atoms with Gasteiger partial charge in [0.15, 0.2) is 5.78 Å². The van der Waals surface area contributed by atoms with Gasteiger partial charge in [-0.1, -0.05) is 18.2 Å². The highest BCUT2D eigenvalue weighted by Gasteiger charge is 2.45. The van der Waals surface area contributed by atoms with Gasteiger partial charge < -0.3 is 5.73 Å². The fourth-order valence-corrected chi connectivity index (χ4v) is 5.52. The highest BCUT2D eigenvalue weighted by molar-refractivity contribution is 7.89. The minimum Gasteiger partial charge on any atom is -0.369 e. The van der Waals surface area contributed by atoms with E-state index in [-0.39, 0.29) is 23.9 Å². The first-order valence-electron chi connectivity index (χ1n) is 9.46. The SMILES string of the molecule is Cc1cnc(C(=O)Cc2ccc3c(c2)[C@]2(CCC3)CS(=O)(=O)N(C)C(N)=N2)cn1. The van der Waals surface area contributed by atoms with E-state index in [9.17, 15) is 13.2 Å². The molecule has 1 aromatic carbocycles. The van der Waals surface area contributed by atoms with Crippen LogP contribution in [0.5, 0.6) is 0 Å². The van der Waals surface area contributed by atoms with Crippen LogP contribution < -0.4 is 5.73 Å². The second kappa shape index (κ2) is 6.91. The Morgan fingerprint density at radius 2 is 2.07 bits per heavy atom. The summed E-state index contributed by atoms with van der Waals surface area (Å²) in [6.07, 6.45) is 5.49. The number of nitrogens with zero attached hydrogens (tertiary/aromatic N) is 4. The number of nitrogens with two attached hydrogens (primary N) is 1. The van der Waals surface area contributed by atoms with Gasteiger partial charge in [-0.3, -0.25) is 9.78 Å². The lowest BCUT2D eigenvalue weighted by Crippen LogP contribution is -2.52. The number of benzene rings is 1. The summed E-state index contributed by atoms with van der Waals surface area (Å²) in [6, 6.07) is 5.79. The molecule has 0 bridgehead atoms. The van der Waals surface area contributed by atoms with Crippen molar-refractivity contribution >= 4 is 21.8 Å². The van der Waals surface area contributed by atoms with Crippen molar-refractivity contribution in [3.05, 3.63) is 58.7 Å². The lowest BCUT2D eigenvalue weighted by atomic mass is 9.77. The van der Waals surface area contributed by atoms with Gasteiger partial charge in [-0.15, -0.1) is 0 Å². The van der Waals surface area contributed by atoms with Gasteiger partial charge in [-0.05, 0) is 42.9 Å². The molecular formula is C20H23N5O3S. The zero-order valence-corrected chi connectivity index (χ0v) is 17.2. The summed E-state index contributed by atoms with van der Waals surface area (Å²) < 4.78 is 26.3. The molecule has 0 saturated heterocycles. The Morgan fingerprint density at radius 1 is 1.28 bits per heavy atom. The van der Waals surface area contributed by atoms with Crippen LogP contribution in [0.4, 0.5) is 0 Å². The predicted molar refractivity (Wildman–Crippen MR) is 109 cm³/mol. The predicted octanol–water partition coefficient (Wildman–Crippen LogP) is 1.33. The van der Waals surface area contributed by atoms with Crippen LogP contribution >= 0.6 is 0 Å². The Balaban J connectivity index is 1.71. The third-order valence-electron chi connectivity index (χ3n) is 5.63. The van der Waals surface area contributed by atoms with Crippen LogP contribution in [-0.4, -0.2) is 47.2 Å². The van der Waals surface area contributed by atoms with Crippen LogP contribution in [-0.2, 0) is 28.4 Å². The number of ketones is 1. The smallest absolute Gasteiger partial charge is 0.239 e. The monoisotopic (exact) mass is 413 g/mol. The molecule has 2 heterocycles. The van der Waals surface area contributed by atoms with Crippen molar-refractivity contribution in [1.29, 1.82) is 0 Å². The number of fused-ring (bicyclic) bond motifs is 2. The van der Waals surface area contributed by atoms with E-state index in [0.29, 0.717) is 12.1 Å². The largest absolute Gasteiger partial charge is 0.369 e. The molecule has 152 valence electrons. The number of sulfonamides is 1. The number of hydrogen-bond donors (Lipinski definition) is 1. The number of aryl methyl sites for hydroxylation is 2. The molecular weight excluding hydrogens is 390 g/mol. The van der Waals surface area contributed by atoms with Gasteiger partial charge in [0.1, 0.15) is 11.2 Å². The maximum atomic E-state index is 12.6. The van der Waals surface area contributed by atoms with Crippen LogP contribution in [0.1, 0.15) is 45.7 Å². The number of aliphatic imine (C=N–C) groups is 1. The van der Waals surface area contributed by atoms with Crippen molar-refractivity contribution in [2.75, 3.05) is 12.8 Å². The minimum atomic E-state index is -3.55. The second-order valence-electron chi connectivity index (χ2n) is 7.71. The van der Waals surface area contributed by atoms with Crippen LogP contribution in [0.3, 0.4) is 0 Å². The summed E-state index contributed by atoms with van der Waals surface area (Å²) in [5, 5.41) is 0. The zero-order chi connectivity index (χ0) is 20.8. The average Bonchev–Trinajstić information content (AvgIpc) is 2.67. The Morgan fingerprint density at radius 3 is 2.76 bits per heavy atom. The molecule has 29 heavy (non-hydrogen) atoms. The van der Waals surface area contributed by atoms with Crippen molar-refractivity contribution in [2.45, 2.75) is 38.1 Å². The van der Waals surface area contributed by atoms with E-state index in [4.69, 9.17) is 5.73 Å². The molecule has 1 atom stereocenters. The summed E-state index contributed by atoms with van der Waals surface area (Å²) >= 11 is 0. The number of carbonyl (C=O) groups is 1. The van der Waals surface area contributed by atoms with Gasteiger partial charge in [-0.25, -0.2) is 22.7 Å². The lowest BCUT2D eigenvalue weighted by Gasteiger charge is -2.40. The first-order chi connectivity index (χ1) is 13.7. The van der Waals surface area contributed by atoms with Gasteiger partial charge in [0.25, 0.3) is 0 Å². The highest BCUT2D eigenvalue weighted by Crippen LogP contribution is 2.42. The Hall–Kier alpha value is -2.81. The Kier molecular flexibility index (Phi) is 4.65. The van der Waals surface area contributed by atoms with Crippen molar-refractivity contribution < 1.29 is 13.2 Å². The first-order valence-corrected chi connectivity index (χ1v) is 11.1. The number of guanidine groups is 1. The van der Waals surface area contributed by atoms with Gasteiger partial charge in [-0.2, -0.15) is 0 Å². The maximum absolute atomic E-state index is 12.6. The second-order valence-corrected chi connectivity index (χ2v) is 9.71. The molecule has 0 radical (unpaired) electrons. The highest BCUT2D eigenvalue weighted by atomic mass is 32.2. The Bertz CT molecular complexity index is 1110. The normalized spacial score (nSPS) is 22.8. The third kappa shape index (κ3) is 3.50. The lowest BCUT2D eigenvalue weighted by molar-refractivity contribution is 0.0987. The number of hydrogen-bond acceptors (Lipinski definition) is 7. The van der Waals surface area contributed by atoms with Gasteiger partial charge in [0.05, 0.1) is 17.6 Å². The summed E-state index contributed by atoms with van der Waals surface area (Å²) in [5.74, 6) is -0.257.